The summed E-state index contributed by atoms with van der Waals surface area (Å²) in [5, 5.41) is 12.6. The number of nitrogens with one attached hydrogen (secondary N) is 1. The van der Waals surface area contributed by atoms with Crippen molar-refractivity contribution in [2.75, 3.05) is 31.4 Å². The minimum Gasteiger partial charge on any atom is -0.396 e. The molecule has 1 aromatic rings. The van der Waals surface area contributed by atoms with E-state index in [-0.39, 0.29) is 32.1 Å². The van der Waals surface area contributed by atoms with E-state index < -0.39 is 0 Å². The molecule has 1 heterocycles. The summed E-state index contributed by atoms with van der Waals surface area (Å²) in [5.41, 5.74) is 6.74. The molecular formula is C15H30N4O2S. The van der Waals surface area contributed by atoms with Crippen molar-refractivity contribution in [2.45, 2.75) is 51.5 Å². The van der Waals surface area contributed by atoms with Gasteiger partial charge in [-0.05, 0) is 25.7 Å². The van der Waals surface area contributed by atoms with Gasteiger partial charge in [0.15, 0.2) is 0 Å². The molecule has 1 aromatic heterocycles. The summed E-state index contributed by atoms with van der Waals surface area (Å²) in [6.07, 6.45) is 7.51. The van der Waals surface area contributed by atoms with E-state index in [0.29, 0.717) is 13.0 Å². The molecule has 0 bridgehead atoms. The van der Waals surface area contributed by atoms with Gasteiger partial charge in [0, 0.05) is 38.1 Å². The van der Waals surface area contributed by atoms with Crippen LogP contribution in [0.15, 0.2) is 6.20 Å². The van der Waals surface area contributed by atoms with Gasteiger partial charge in [0.1, 0.15) is 5.82 Å². The molecule has 0 saturated carbocycles. The summed E-state index contributed by atoms with van der Waals surface area (Å²) < 4.78 is 5.08. The van der Waals surface area contributed by atoms with Crippen LogP contribution in [0, 0.1) is 0 Å². The molecule has 0 amide bonds. The zero-order valence-corrected chi connectivity index (χ0v) is 14.6. The fourth-order valence-electron chi connectivity index (χ4n) is 2.22. The second-order valence-electron chi connectivity index (χ2n) is 5.19. The van der Waals surface area contributed by atoms with Crippen LogP contribution in [0.2, 0.25) is 0 Å². The van der Waals surface area contributed by atoms with Crippen LogP contribution in [0.3, 0.4) is 0 Å². The van der Waals surface area contributed by atoms with Gasteiger partial charge in [0.25, 0.3) is 0 Å². The van der Waals surface area contributed by atoms with E-state index in [1.807, 2.05) is 0 Å². The number of aliphatic hydroxyl groups excluding tert-OH is 1. The molecule has 1 rings (SSSR count). The van der Waals surface area contributed by atoms with Crippen LogP contribution in [-0.4, -0.2) is 41.4 Å². The molecule has 22 heavy (non-hydrogen) atoms. The molecule has 0 aliphatic carbocycles. The normalized spacial score (nSPS) is 11.8. The average molecular weight is 330 g/mol. The number of nitrogen functional groups attached to an aromatic ring is 1. The molecule has 0 spiro atoms. The lowest BCUT2D eigenvalue weighted by Crippen LogP contribution is -2.23. The summed E-state index contributed by atoms with van der Waals surface area (Å²) in [6, 6.07) is 0.213. The number of aryl methyl sites for hydroxylation is 1. The highest BCUT2D eigenvalue weighted by Crippen LogP contribution is 2.18. The predicted molar refractivity (Wildman–Crippen MR) is 95.7 cm³/mol. The van der Waals surface area contributed by atoms with Crippen LogP contribution in [0.4, 0.5) is 11.8 Å². The number of anilines is 2. The maximum atomic E-state index is 9.20. The average Bonchev–Trinajstić information content (AvgIpc) is 2.47. The lowest BCUT2D eigenvalue weighted by Gasteiger charge is -2.20. The first-order chi connectivity index (χ1) is 10.2. The third-order valence-electron chi connectivity index (χ3n) is 3.40. The number of aliphatic hydroxyl groups is 1. The van der Waals surface area contributed by atoms with Crippen LogP contribution in [0.5, 0.6) is 0 Å². The molecule has 7 heteroatoms. The molecule has 0 aliphatic rings. The van der Waals surface area contributed by atoms with Gasteiger partial charge in [-0.2, -0.15) is 18.5 Å². The topological polar surface area (TPSA) is 93.3 Å². The summed E-state index contributed by atoms with van der Waals surface area (Å²) in [4.78, 5) is 8.39. The first-order valence-corrected chi connectivity index (χ1v) is 7.69. The van der Waals surface area contributed by atoms with Crippen LogP contribution < -0.4 is 11.1 Å². The quantitative estimate of drug-likeness (QED) is 0.538. The number of rotatable bonds is 11. The largest absolute Gasteiger partial charge is 0.396 e. The molecule has 0 fully saturated rings. The van der Waals surface area contributed by atoms with E-state index in [0.717, 1.165) is 43.5 Å². The molecule has 6 nitrogen and oxygen atoms in total. The number of aromatic nitrogens is 2. The lowest BCUT2D eigenvalue weighted by atomic mass is 10.1. The number of ether oxygens (including phenoxy) is 1. The Morgan fingerprint density at radius 1 is 1.36 bits per heavy atom. The Morgan fingerprint density at radius 2 is 2.14 bits per heavy atom. The van der Waals surface area contributed by atoms with Crippen molar-refractivity contribution in [3.05, 3.63) is 11.8 Å². The zero-order chi connectivity index (χ0) is 15.5. The highest BCUT2D eigenvalue weighted by molar-refractivity contribution is 7.59. The fourth-order valence-corrected chi connectivity index (χ4v) is 2.22. The zero-order valence-electron chi connectivity index (χ0n) is 13.6. The van der Waals surface area contributed by atoms with E-state index >= 15 is 0 Å². The van der Waals surface area contributed by atoms with Crippen molar-refractivity contribution < 1.29 is 9.84 Å². The van der Waals surface area contributed by atoms with Crippen molar-refractivity contribution in [3.8, 4) is 0 Å². The van der Waals surface area contributed by atoms with Gasteiger partial charge in [-0.15, -0.1) is 0 Å². The van der Waals surface area contributed by atoms with Crippen LogP contribution >= 0.6 is 13.5 Å². The third kappa shape index (κ3) is 7.82. The van der Waals surface area contributed by atoms with E-state index in [1.165, 1.54) is 0 Å². The third-order valence-corrected chi connectivity index (χ3v) is 3.40. The fraction of sp³-hybridized carbons (Fsp3) is 0.733. The lowest BCUT2D eigenvalue weighted by molar-refractivity contribution is 0.195. The Balaban J connectivity index is 0.00000441. The van der Waals surface area contributed by atoms with E-state index in [9.17, 15) is 5.11 Å². The highest BCUT2D eigenvalue weighted by atomic mass is 32.1. The molecule has 0 aromatic carbocycles. The molecule has 4 N–H and O–H groups in total. The molecule has 1 atom stereocenters. The van der Waals surface area contributed by atoms with Gasteiger partial charge in [-0.25, -0.2) is 4.98 Å². The summed E-state index contributed by atoms with van der Waals surface area (Å²) in [6.45, 7) is 3.04. The van der Waals surface area contributed by atoms with Gasteiger partial charge >= 0.3 is 0 Å². The first-order valence-electron chi connectivity index (χ1n) is 7.69. The van der Waals surface area contributed by atoms with E-state index in [2.05, 4.69) is 22.2 Å². The summed E-state index contributed by atoms with van der Waals surface area (Å²) in [5.74, 6) is 1.05. The van der Waals surface area contributed by atoms with Gasteiger partial charge in [-0.1, -0.05) is 19.8 Å². The van der Waals surface area contributed by atoms with Crippen LogP contribution in [0.1, 0.15) is 44.6 Å². The molecule has 0 unspecified atom stereocenters. The van der Waals surface area contributed by atoms with Crippen molar-refractivity contribution in [3.63, 3.8) is 0 Å². The van der Waals surface area contributed by atoms with Gasteiger partial charge < -0.3 is 20.9 Å². The van der Waals surface area contributed by atoms with Crippen LogP contribution in [0.25, 0.3) is 0 Å². The number of nitrogens with zero attached hydrogens (tertiary/aromatic N) is 2. The monoisotopic (exact) mass is 330 g/mol. The Labute approximate surface area is 140 Å². The number of nitrogens with two attached hydrogens (primary N) is 1. The minimum absolute atomic E-state index is 0. The highest BCUT2D eigenvalue weighted by Gasteiger charge is 2.12. The number of unbranched alkanes of at least 4 members (excludes halogenated alkanes) is 1. The Kier molecular flexibility index (Phi) is 11.9. The van der Waals surface area contributed by atoms with Crippen LogP contribution in [-0.2, 0) is 11.2 Å². The molecule has 0 radical (unpaired) electrons. The number of methoxy groups -OCH3 is 1. The second kappa shape index (κ2) is 12.5. The Hall–Kier alpha value is -1.05. The van der Waals surface area contributed by atoms with Crippen molar-refractivity contribution in [1.82, 2.24) is 9.97 Å². The van der Waals surface area contributed by atoms with E-state index in [4.69, 9.17) is 10.5 Å². The van der Waals surface area contributed by atoms with Crippen molar-refractivity contribution in [1.29, 1.82) is 0 Å². The minimum atomic E-state index is 0. The molecule has 0 aliphatic heterocycles. The number of hydrogen-bond acceptors (Lipinski definition) is 6. The van der Waals surface area contributed by atoms with Gasteiger partial charge in [0.2, 0.25) is 5.95 Å². The predicted octanol–water partition coefficient (Wildman–Crippen LogP) is 2.10. The van der Waals surface area contributed by atoms with Gasteiger partial charge in [-0.3, -0.25) is 0 Å². The maximum absolute atomic E-state index is 9.20. The SMILES string of the molecule is CCCC[C@@H](CCO)Nc1nc(N)ncc1CCCOC.S. The molecule has 128 valence electrons. The second-order valence-corrected chi connectivity index (χ2v) is 5.19. The molecular weight excluding hydrogens is 300 g/mol. The van der Waals surface area contributed by atoms with E-state index in [1.54, 1.807) is 13.3 Å². The molecule has 0 saturated heterocycles. The smallest absolute Gasteiger partial charge is 0.221 e. The maximum Gasteiger partial charge on any atom is 0.221 e. The Bertz CT molecular complexity index is 407. The van der Waals surface area contributed by atoms with Crippen molar-refractivity contribution >= 4 is 25.3 Å². The van der Waals surface area contributed by atoms with Crippen molar-refractivity contribution in [2.24, 2.45) is 0 Å². The van der Waals surface area contributed by atoms with Gasteiger partial charge in [0.05, 0.1) is 0 Å². The number of hydrogen-bond donors (Lipinski definition) is 3. The first kappa shape index (κ1) is 20.9. The standard InChI is InChI=1S/C15H28N4O2.H2S/c1-3-4-7-13(8-9-20)18-14-12(6-5-10-21-2)11-17-15(16)19-14;/h11,13,20H,3-10H2,1-2H3,(H3,16,17,18,19);1H2/t13-;/m0./s1. The Morgan fingerprint density at radius 3 is 2.77 bits per heavy atom. The summed E-state index contributed by atoms with van der Waals surface area (Å²) in [7, 11) is 1.70. The summed E-state index contributed by atoms with van der Waals surface area (Å²) >= 11 is 0.